The third kappa shape index (κ3) is 7.16. The van der Waals surface area contributed by atoms with Crippen LogP contribution in [0.4, 0.5) is 11.4 Å². The second kappa shape index (κ2) is 11.5. The number of hydrogen-bond donors (Lipinski definition) is 2. The number of carbonyl (C=O) groups excluding carboxylic acids is 2. The SMILES string of the molecule is CC(=O)Nc1ccc(/C(C)=N\NC(=O)[C@@H](C)N(c2ccc(Oc3ccccc3)cc2)S(C)(=O)=O)cc1. The molecule has 10 heteroatoms. The van der Waals surface area contributed by atoms with Gasteiger partial charge in [-0.05, 0) is 67.9 Å². The number of nitrogens with one attached hydrogen (secondary N) is 2. The Balaban J connectivity index is 1.72. The number of sulfonamides is 1. The van der Waals surface area contributed by atoms with Crippen molar-refractivity contribution in [2.45, 2.75) is 26.8 Å². The molecular formula is C26H28N4O5S. The molecule has 0 radical (unpaired) electrons. The third-order valence-electron chi connectivity index (χ3n) is 5.12. The zero-order valence-electron chi connectivity index (χ0n) is 20.4. The number of benzene rings is 3. The first-order chi connectivity index (χ1) is 17.0. The van der Waals surface area contributed by atoms with Gasteiger partial charge in [0.05, 0.1) is 17.7 Å². The van der Waals surface area contributed by atoms with Crippen LogP contribution in [0.1, 0.15) is 26.3 Å². The van der Waals surface area contributed by atoms with Crippen molar-refractivity contribution in [3.05, 3.63) is 84.4 Å². The molecule has 0 saturated carbocycles. The van der Waals surface area contributed by atoms with E-state index in [1.165, 1.54) is 13.8 Å². The monoisotopic (exact) mass is 508 g/mol. The second-order valence-corrected chi connectivity index (χ2v) is 9.94. The van der Waals surface area contributed by atoms with E-state index in [1.807, 2.05) is 30.3 Å². The van der Waals surface area contributed by atoms with Gasteiger partial charge in [-0.1, -0.05) is 30.3 Å². The van der Waals surface area contributed by atoms with Gasteiger partial charge in [0, 0.05) is 12.6 Å². The highest BCUT2D eigenvalue weighted by Crippen LogP contribution is 2.27. The smallest absolute Gasteiger partial charge is 0.263 e. The Hall–Kier alpha value is -4.18. The normalized spacial score (nSPS) is 12.4. The molecule has 0 fully saturated rings. The average Bonchev–Trinajstić information content (AvgIpc) is 2.83. The first kappa shape index (κ1) is 26.4. The molecule has 3 aromatic rings. The Labute approximate surface area is 210 Å². The van der Waals surface area contributed by atoms with E-state index in [4.69, 9.17) is 4.74 Å². The molecule has 2 amide bonds. The fourth-order valence-corrected chi connectivity index (χ4v) is 4.56. The van der Waals surface area contributed by atoms with E-state index in [-0.39, 0.29) is 5.91 Å². The van der Waals surface area contributed by atoms with Crippen LogP contribution in [0.15, 0.2) is 84.0 Å². The van der Waals surface area contributed by atoms with Crippen LogP contribution in [-0.2, 0) is 19.6 Å². The van der Waals surface area contributed by atoms with Crippen LogP contribution >= 0.6 is 0 Å². The number of rotatable bonds is 9. The number of carbonyl (C=O) groups is 2. The molecule has 0 aliphatic heterocycles. The molecule has 3 rings (SSSR count). The van der Waals surface area contributed by atoms with Crippen LogP contribution in [0.3, 0.4) is 0 Å². The number of amides is 2. The lowest BCUT2D eigenvalue weighted by Crippen LogP contribution is -2.46. The lowest BCUT2D eigenvalue weighted by molar-refractivity contribution is -0.121. The Morgan fingerprint density at radius 1 is 0.889 bits per heavy atom. The molecule has 2 N–H and O–H groups in total. The third-order valence-corrected chi connectivity index (χ3v) is 6.36. The molecule has 0 aliphatic rings. The van der Waals surface area contributed by atoms with E-state index >= 15 is 0 Å². The summed E-state index contributed by atoms with van der Waals surface area (Å²) in [5.41, 5.74) is 4.64. The first-order valence-corrected chi connectivity index (χ1v) is 12.9. The van der Waals surface area contributed by atoms with Gasteiger partial charge in [-0.15, -0.1) is 0 Å². The molecule has 0 saturated heterocycles. The molecule has 3 aromatic carbocycles. The van der Waals surface area contributed by atoms with Crippen LogP contribution in [0.25, 0.3) is 0 Å². The van der Waals surface area contributed by atoms with Crippen molar-refractivity contribution in [3.63, 3.8) is 0 Å². The molecule has 0 spiro atoms. The van der Waals surface area contributed by atoms with Gasteiger partial charge >= 0.3 is 0 Å². The maximum Gasteiger partial charge on any atom is 0.263 e. The summed E-state index contributed by atoms with van der Waals surface area (Å²) in [6, 6.07) is 21.5. The minimum Gasteiger partial charge on any atom is -0.457 e. The van der Waals surface area contributed by atoms with E-state index in [0.29, 0.717) is 28.6 Å². The van der Waals surface area contributed by atoms with Gasteiger partial charge in [-0.3, -0.25) is 13.9 Å². The zero-order chi connectivity index (χ0) is 26.3. The second-order valence-electron chi connectivity index (χ2n) is 8.08. The first-order valence-electron chi connectivity index (χ1n) is 11.1. The Kier molecular flexibility index (Phi) is 8.44. The van der Waals surface area contributed by atoms with Crippen molar-refractivity contribution in [2.75, 3.05) is 15.9 Å². The minimum atomic E-state index is -3.79. The predicted octanol–water partition coefficient (Wildman–Crippen LogP) is 4.13. The van der Waals surface area contributed by atoms with Gasteiger partial charge in [0.1, 0.15) is 17.5 Å². The number of nitrogens with zero attached hydrogens (tertiary/aromatic N) is 2. The van der Waals surface area contributed by atoms with E-state index in [0.717, 1.165) is 16.1 Å². The fraction of sp³-hybridized carbons (Fsp3) is 0.192. The van der Waals surface area contributed by atoms with Crippen molar-refractivity contribution < 1.29 is 22.7 Å². The molecule has 0 heterocycles. The topological polar surface area (TPSA) is 117 Å². The number of hydrogen-bond acceptors (Lipinski definition) is 6. The lowest BCUT2D eigenvalue weighted by Gasteiger charge is -2.27. The summed E-state index contributed by atoms with van der Waals surface area (Å²) >= 11 is 0. The fourth-order valence-electron chi connectivity index (χ4n) is 3.39. The van der Waals surface area contributed by atoms with Gasteiger partial charge in [-0.25, -0.2) is 13.8 Å². The molecule has 9 nitrogen and oxygen atoms in total. The minimum absolute atomic E-state index is 0.178. The maximum absolute atomic E-state index is 12.8. The molecule has 0 aliphatic carbocycles. The van der Waals surface area contributed by atoms with Crippen LogP contribution in [0, 0.1) is 0 Å². The molecular weight excluding hydrogens is 480 g/mol. The van der Waals surface area contributed by atoms with E-state index < -0.39 is 22.0 Å². The summed E-state index contributed by atoms with van der Waals surface area (Å²) < 4.78 is 31.9. The largest absolute Gasteiger partial charge is 0.457 e. The summed E-state index contributed by atoms with van der Waals surface area (Å²) in [6.45, 7) is 4.61. The number of anilines is 2. The van der Waals surface area contributed by atoms with E-state index in [2.05, 4.69) is 15.8 Å². The number of hydrazone groups is 1. The van der Waals surface area contributed by atoms with Crippen molar-refractivity contribution in [1.29, 1.82) is 0 Å². The highest BCUT2D eigenvalue weighted by molar-refractivity contribution is 7.92. The van der Waals surface area contributed by atoms with Crippen molar-refractivity contribution in [1.82, 2.24) is 5.43 Å². The molecule has 0 bridgehead atoms. The summed E-state index contributed by atoms with van der Waals surface area (Å²) in [4.78, 5) is 24.0. The molecule has 36 heavy (non-hydrogen) atoms. The zero-order valence-corrected chi connectivity index (χ0v) is 21.2. The van der Waals surface area contributed by atoms with Gasteiger partial charge in [-0.2, -0.15) is 5.10 Å². The molecule has 0 unspecified atom stereocenters. The van der Waals surface area contributed by atoms with Gasteiger partial charge in [0.15, 0.2) is 0 Å². The van der Waals surface area contributed by atoms with Gasteiger partial charge in [0.25, 0.3) is 5.91 Å². The molecule has 0 aromatic heterocycles. The average molecular weight is 509 g/mol. The Morgan fingerprint density at radius 2 is 1.47 bits per heavy atom. The summed E-state index contributed by atoms with van der Waals surface area (Å²) in [5.74, 6) is 0.402. The number of ether oxygens (including phenoxy) is 1. The summed E-state index contributed by atoms with van der Waals surface area (Å²) in [7, 11) is -3.79. The van der Waals surface area contributed by atoms with Crippen LogP contribution < -0.4 is 19.8 Å². The Bertz CT molecular complexity index is 1340. The molecule has 1 atom stereocenters. The number of para-hydroxylation sites is 1. The Morgan fingerprint density at radius 3 is 2.03 bits per heavy atom. The van der Waals surface area contributed by atoms with Gasteiger partial charge in [0.2, 0.25) is 15.9 Å². The van der Waals surface area contributed by atoms with E-state index in [1.54, 1.807) is 55.5 Å². The highest BCUT2D eigenvalue weighted by Gasteiger charge is 2.29. The maximum atomic E-state index is 12.8. The van der Waals surface area contributed by atoms with Crippen LogP contribution in [0.2, 0.25) is 0 Å². The van der Waals surface area contributed by atoms with Crippen molar-refractivity contribution >= 4 is 38.9 Å². The molecule has 188 valence electrons. The quantitative estimate of drug-likeness (QED) is 0.333. The lowest BCUT2D eigenvalue weighted by atomic mass is 10.1. The highest BCUT2D eigenvalue weighted by atomic mass is 32.2. The predicted molar refractivity (Wildman–Crippen MR) is 141 cm³/mol. The standard InChI is InChI=1S/C26H28N4O5S/c1-18(21-10-12-22(13-11-21)27-20(3)31)28-29-26(32)19(2)30(36(4,33)34)23-14-16-25(17-15-23)35-24-8-6-5-7-9-24/h5-17,19H,1-4H3,(H,27,31)(H,29,32)/b28-18-/t19-/m1/s1. The van der Waals surface area contributed by atoms with E-state index in [9.17, 15) is 18.0 Å². The summed E-state index contributed by atoms with van der Waals surface area (Å²) in [5, 5.41) is 6.79. The van der Waals surface area contributed by atoms with Crippen LogP contribution in [0.5, 0.6) is 11.5 Å². The van der Waals surface area contributed by atoms with Crippen LogP contribution in [-0.4, -0.2) is 38.2 Å². The van der Waals surface area contributed by atoms with Crippen molar-refractivity contribution in [3.8, 4) is 11.5 Å². The van der Waals surface area contributed by atoms with Gasteiger partial charge < -0.3 is 10.1 Å². The van der Waals surface area contributed by atoms with Crippen molar-refractivity contribution in [2.24, 2.45) is 5.10 Å². The summed E-state index contributed by atoms with van der Waals surface area (Å²) in [6.07, 6.45) is 1.04.